The number of hydrogen-bond acceptors (Lipinski definition) is 1. The molecule has 2 aliphatic rings. The molecule has 0 aromatic heterocycles. The Morgan fingerprint density at radius 1 is 1.44 bits per heavy atom. The minimum Gasteiger partial charge on any atom is -0.303 e. The molecular weight excluding hydrogens is 196 g/mol. The fraction of sp³-hybridized carbons (Fsp3) is 0.800. The quantitative estimate of drug-likeness (QED) is 0.513. The van der Waals surface area contributed by atoms with Crippen LogP contribution in [0.2, 0.25) is 0 Å². The van der Waals surface area contributed by atoms with Crippen molar-refractivity contribution < 1.29 is 4.79 Å². The van der Waals surface area contributed by atoms with Crippen LogP contribution < -0.4 is 0 Å². The normalized spacial score (nSPS) is 45.0. The van der Waals surface area contributed by atoms with Crippen molar-refractivity contribution in [1.29, 1.82) is 0 Å². The largest absolute Gasteiger partial charge is 0.303 e. The first-order valence-electron chi connectivity index (χ1n) is 6.39. The van der Waals surface area contributed by atoms with Gasteiger partial charge in [0.05, 0.1) is 0 Å². The first kappa shape index (κ1) is 11.7. The van der Waals surface area contributed by atoms with Crippen molar-refractivity contribution in [3.8, 4) is 12.3 Å². The van der Waals surface area contributed by atoms with Gasteiger partial charge >= 0.3 is 0 Å². The van der Waals surface area contributed by atoms with Gasteiger partial charge in [0.2, 0.25) is 0 Å². The van der Waals surface area contributed by atoms with Crippen molar-refractivity contribution in [2.45, 2.75) is 46.5 Å². The fourth-order valence-corrected chi connectivity index (χ4v) is 4.53. The predicted octanol–water partition coefficient (Wildman–Crippen LogP) is 3.29. The lowest BCUT2D eigenvalue weighted by Crippen LogP contribution is -2.31. The molecule has 2 fully saturated rings. The molecule has 0 spiro atoms. The van der Waals surface area contributed by atoms with Gasteiger partial charge in [-0.15, -0.1) is 12.3 Å². The van der Waals surface area contributed by atoms with Crippen molar-refractivity contribution in [3.63, 3.8) is 0 Å². The Bertz CT molecular complexity index is 336. The lowest BCUT2D eigenvalue weighted by Gasteiger charge is -2.36. The van der Waals surface area contributed by atoms with Gasteiger partial charge in [-0.3, -0.25) is 0 Å². The molecule has 0 aromatic rings. The highest BCUT2D eigenvalue weighted by Crippen LogP contribution is 2.67. The van der Waals surface area contributed by atoms with Crippen LogP contribution >= 0.6 is 0 Å². The van der Waals surface area contributed by atoms with Crippen molar-refractivity contribution >= 4 is 6.29 Å². The molecular formula is C15H22O. The minimum absolute atomic E-state index is 0.211. The van der Waals surface area contributed by atoms with Gasteiger partial charge in [0.1, 0.15) is 6.29 Å². The van der Waals surface area contributed by atoms with E-state index in [1.54, 1.807) is 0 Å². The number of rotatable bonds is 2. The molecule has 0 radical (unpaired) electrons. The summed E-state index contributed by atoms with van der Waals surface area (Å²) in [5.41, 5.74) is 0.421. The van der Waals surface area contributed by atoms with E-state index in [1.165, 1.54) is 12.8 Å². The predicted molar refractivity (Wildman–Crippen MR) is 65.7 cm³/mol. The van der Waals surface area contributed by atoms with Crippen LogP contribution in [-0.2, 0) is 4.79 Å². The molecule has 88 valence electrons. The van der Waals surface area contributed by atoms with Crippen molar-refractivity contribution in [3.05, 3.63) is 0 Å². The molecule has 2 saturated carbocycles. The third-order valence-corrected chi connectivity index (χ3v) is 5.61. The molecule has 0 bridgehead atoms. The monoisotopic (exact) mass is 218 g/mol. The number of carbonyl (C=O) groups is 1. The summed E-state index contributed by atoms with van der Waals surface area (Å²) in [5.74, 6) is 4.61. The maximum absolute atomic E-state index is 11.0. The number of carbonyl (C=O) groups excluding carboxylic acids is 1. The van der Waals surface area contributed by atoms with Crippen LogP contribution in [-0.4, -0.2) is 6.29 Å². The highest BCUT2D eigenvalue weighted by molar-refractivity contribution is 5.52. The van der Waals surface area contributed by atoms with E-state index in [2.05, 4.69) is 26.7 Å². The van der Waals surface area contributed by atoms with E-state index in [-0.39, 0.29) is 10.8 Å². The summed E-state index contributed by atoms with van der Waals surface area (Å²) in [6, 6.07) is 0. The van der Waals surface area contributed by atoms with Gasteiger partial charge in [0, 0.05) is 12.3 Å². The first-order chi connectivity index (χ1) is 7.49. The van der Waals surface area contributed by atoms with Crippen LogP contribution in [0.1, 0.15) is 46.5 Å². The summed E-state index contributed by atoms with van der Waals surface area (Å²) in [6.45, 7) is 6.90. The van der Waals surface area contributed by atoms with E-state index in [1.807, 2.05) is 0 Å². The van der Waals surface area contributed by atoms with E-state index >= 15 is 0 Å². The van der Waals surface area contributed by atoms with Crippen LogP contribution in [0.15, 0.2) is 0 Å². The number of fused-ring (bicyclic) bond motifs is 1. The molecule has 0 aromatic carbocycles. The van der Waals surface area contributed by atoms with Crippen LogP contribution in [0.25, 0.3) is 0 Å². The average molecular weight is 218 g/mol. The number of hydrogen-bond donors (Lipinski definition) is 0. The van der Waals surface area contributed by atoms with Crippen LogP contribution in [0, 0.1) is 40.9 Å². The lowest BCUT2D eigenvalue weighted by molar-refractivity contribution is -0.111. The molecule has 2 aliphatic carbocycles. The van der Waals surface area contributed by atoms with Gasteiger partial charge in [-0.25, -0.2) is 0 Å². The van der Waals surface area contributed by atoms with E-state index in [9.17, 15) is 4.79 Å². The smallest absolute Gasteiger partial charge is 0.120 e. The summed E-state index contributed by atoms with van der Waals surface area (Å²) >= 11 is 0. The van der Waals surface area contributed by atoms with Gasteiger partial charge in [0.15, 0.2) is 0 Å². The first-order valence-corrected chi connectivity index (χ1v) is 6.39. The Labute approximate surface area is 99.0 Å². The standard InChI is InChI=1S/C15H22O/c1-5-12-10-15(8-9-16)11(2)6-7-13(15)14(12,3)4/h1,9,11-13H,6-8,10H2,2-4H3. The maximum Gasteiger partial charge on any atom is 0.120 e. The van der Waals surface area contributed by atoms with Crippen molar-refractivity contribution in [2.24, 2.45) is 28.6 Å². The Hall–Kier alpha value is -0.770. The summed E-state index contributed by atoms with van der Waals surface area (Å²) in [6.07, 6.45) is 11.1. The summed E-state index contributed by atoms with van der Waals surface area (Å²) < 4.78 is 0. The molecule has 4 unspecified atom stereocenters. The summed E-state index contributed by atoms with van der Waals surface area (Å²) in [5, 5.41) is 0. The minimum atomic E-state index is 0.211. The van der Waals surface area contributed by atoms with Crippen molar-refractivity contribution in [1.82, 2.24) is 0 Å². The van der Waals surface area contributed by atoms with E-state index in [0.717, 1.165) is 12.7 Å². The molecule has 0 aliphatic heterocycles. The molecule has 0 amide bonds. The molecule has 4 atom stereocenters. The van der Waals surface area contributed by atoms with Crippen LogP contribution in [0.5, 0.6) is 0 Å². The fourth-order valence-electron chi connectivity index (χ4n) is 4.53. The molecule has 16 heavy (non-hydrogen) atoms. The summed E-state index contributed by atoms with van der Waals surface area (Å²) in [7, 11) is 0. The zero-order chi connectivity index (χ0) is 12.0. The van der Waals surface area contributed by atoms with Gasteiger partial charge in [-0.05, 0) is 41.9 Å². The second-order valence-corrected chi connectivity index (χ2v) is 6.38. The highest BCUT2D eigenvalue weighted by Gasteiger charge is 2.61. The zero-order valence-corrected chi connectivity index (χ0v) is 10.6. The Morgan fingerprint density at radius 2 is 2.12 bits per heavy atom. The molecule has 0 saturated heterocycles. The van der Waals surface area contributed by atoms with Gasteiger partial charge < -0.3 is 4.79 Å². The molecule has 2 rings (SSSR count). The number of terminal acetylenes is 1. The van der Waals surface area contributed by atoms with Gasteiger partial charge in [0.25, 0.3) is 0 Å². The zero-order valence-electron chi connectivity index (χ0n) is 10.6. The Balaban J connectivity index is 2.40. The van der Waals surface area contributed by atoms with Crippen molar-refractivity contribution in [2.75, 3.05) is 0 Å². The van der Waals surface area contributed by atoms with Crippen LogP contribution in [0.3, 0.4) is 0 Å². The lowest BCUT2D eigenvalue weighted by atomic mass is 9.68. The van der Waals surface area contributed by atoms with E-state index < -0.39 is 0 Å². The highest BCUT2D eigenvalue weighted by atomic mass is 16.1. The SMILES string of the molecule is C#CC1CC2(CC=O)C(C)CCC2C1(C)C. The van der Waals surface area contributed by atoms with Gasteiger partial charge in [-0.1, -0.05) is 20.8 Å². The second kappa shape index (κ2) is 3.62. The Morgan fingerprint density at radius 3 is 2.69 bits per heavy atom. The average Bonchev–Trinajstić information content (AvgIpc) is 2.64. The topological polar surface area (TPSA) is 17.1 Å². The molecule has 0 heterocycles. The van der Waals surface area contributed by atoms with Gasteiger partial charge in [-0.2, -0.15) is 0 Å². The second-order valence-electron chi connectivity index (χ2n) is 6.38. The third-order valence-electron chi connectivity index (χ3n) is 5.61. The molecule has 1 heteroatoms. The van der Waals surface area contributed by atoms with Crippen LogP contribution in [0.4, 0.5) is 0 Å². The van der Waals surface area contributed by atoms with E-state index in [0.29, 0.717) is 24.2 Å². The number of aldehydes is 1. The third kappa shape index (κ3) is 1.29. The molecule has 1 nitrogen and oxygen atoms in total. The van der Waals surface area contributed by atoms with E-state index in [4.69, 9.17) is 6.42 Å². The maximum atomic E-state index is 11.0. The Kier molecular flexibility index (Phi) is 2.65. The summed E-state index contributed by atoms with van der Waals surface area (Å²) in [4.78, 5) is 11.0. The molecule has 0 N–H and O–H groups in total.